The van der Waals surface area contributed by atoms with Gasteiger partial charge in [-0.2, -0.15) is 0 Å². The van der Waals surface area contributed by atoms with Crippen LogP contribution < -0.4 is 0 Å². The molecule has 0 fully saturated rings. The molecule has 0 bridgehead atoms. The fraction of sp³-hybridized carbons (Fsp3) is 0. The predicted molar refractivity (Wildman–Crippen MR) is 165 cm³/mol. The third-order valence-electron chi connectivity index (χ3n) is 7.91. The molecule has 3 heterocycles. The summed E-state index contributed by atoms with van der Waals surface area (Å²) < 4.78 is 13.9. The molecule has 0 unspecified atom stereocenters. The molecule has 39 heavy (non-hydrogen) atoms. The molecule has 0 radical (unpaired) electrons. The van der Waals surface area contributed by atoms with Crippen molar-refractivity contribution in [1.82, 2.24) is 0 Å². The van der Waals surface area contributed by atoms with Crippen molar-refractivity contribution in [1.29, 1.82) is 0 Å². The van der Waals surface area contributed by atoms with Crippen LogP contribution in [0.4, 0.5) is 0 Å². The van der Waals surface area contributed by atoms with Gasteiger partial charge in [0, 0.05) is 31.3 Å². The van der Waals surface area contributed by atoms with Crippen molar-refractivity contribution >= 4 is 74.6 Å². The molecule has 2 nitrogen and oxygen atoms in total. The summed E-state index contributed by atoms with van der Waals surface area (Å²) in [5, 5.41) is 12.6. The lowest BCUT2D eigenvalue weighted by atomic mass is 9.98. The molecule has 182 valence electrons. The third-order valence-corrected chi connectivity index (χ3v) is 9.02. The summed E-state index contributed by atoms with van der Waals surface area (Å²) >= 11 is 1.87. The van der Waals surface area contributed by atoms with E-state index < -0.39 is 0 Å². The van der Waals surface area contributed by atoms with E-state index in [1.807, 2.05) is 35.6 Å². The van der Waals surface area contributed by atoms with Gasteiger partial charge in [0.1, 0.15) is 11.5 Å². The van der Waals surface area contributed by atoms with Gasteiger partial charge in [0.25, 0.3) is 0 Å². The average molecular weight is 517 g/mol. The molecular weight excluding hydrogens is 496 g/mol. The molecule has 3 heteroatoms. The summed E-state index contributed by atoms with van der Waals surface area (Å²) in [5.41, 5.74) is 2.20. The maximum Gasteiger partial charge on any atom is 0.133 e. The van der Waals surface area contributed by atoms with E-state index in [-0.39, 0.29) is 0 Å². The number of rotatable bonds is 2. The minimum atomic E-state index is 0.897. The summed E-state index contributed by atoms with van der Waals surface area (Å²) in [6, 6.07) is 39.7. The topological polar surface area (TPSA) is 26.3 Å². The van der Waals surface area contributed by atoms with Crippen molar-refractivity contribution in [2.75, 3.05) is 0 Å². The monoisotopic (exact) mass is 516 g/mol. The van der Waals surface area contributed by atoms with E-state index in [9.17, 15) is 0 Å². The summed E-state index contributed by atoms with van der Waals surface area (Å²) in [6.07, 6.45) is 3.45. The average Bonchev–Trinajstić information content (AvgIpc) is 3.74. The first-order chi connectivity index (χ1) is 19.2. The molecule has 0 amide bonds. The van der Waals surface area contributed by atoms with Crippen molar-refractivity contribution < 1.29 is 8.83 Å². The molecule has 0 aliphatic carbocycles. The van der Waals surface area contributed by atoms with E-state index in [0.717, 1.165) is 22.6 Å². The maximum atomic E-state index is 5.63. The Morgan fingerprint density at radius 1 is 0.385 bits per heavy atom. The highest BCUT2D eigenvalue weighted by Crippen LogP contribution is 2.40. The standard InChI is InChI=1S/C36H20O2S/c1-3-33(37-9-1)23-7-5-21-11-27-17-31-32-18-28-12-22-6-8-24(34-4-2-10-38-34)14-26(22)16-30(28)20-36(32)39-35(31)19-29(27)15-25(21)13-23/h1-20H. The van der Waals surface area contributed by atoms with Crippen LogP contribution in [-0.2, 0) is 0 Å². The Balaban J connectivity index is 1.23. The molecule has 0 aliphatic heterocycles. The van der Waals surface area contributed by atoms with Gasteiger partial charge < -0.3 is 8.83 Å². The van der Waals surface area contributed by atoms with Crippen LogP contribution in [0, 0.1) is 0 Å². The lowest BCUT2D eigenvalue weighted by Crippen LogP contribution is -1.80. The SMILES string of the molecule is c1coc(-c2ccc3cc4cc5c(cc4cc3c2)sc2cc3cc4cc(-c6ccco6)ccc4cc3cc25)c1. The van der Waals surface area contributed by atoms with Crippen molar-refractivity contribution in [3.8, 4) is 22.6 Å². The first-order valence-corrected chi connectivity index (χ1v) is 13.9. The van der Waals surface area contributed by atoms with Crippen molar-refractivity contribution in [3.05, 3.63) is 122 Å². The molecular formula is C36H20O2S. The first kappa shape index (κ1) is 21.1. The summed E-state index contributed by atoms with van der Waals surface area (Å²) in [7, 11) is 0. The van der Waals surface area contributed by atoms with Gasteiger partial charge in [0.15, 0.2) is 0 Å². The zero-order chi connectivity index (χ0) is 25.5. The van der Waals surface area contributed by atoms with Crippen LogP contribution >= 0.6 is 11.3 Å². The Labute approximate surface area is 227 Å². The Kier molecular flexibility index (Phi) is 4.24. The summed E-state index contributed by atoms with van der Waals surface area (Å²) in [5.74, 6) is 1.79. The maximum absolute atomic E-state index is 5.63. The Bertz CT molecular complexity index is 2200. The van der Waals surface area contributed by atoms with Gasteiger partial charge in [-0.15, -0.1) is 11.3 Å². The minimum Gasteiger partial charge on any atom is -0.464 e. The molecule has 0 atom stereocenters. The second-order valence-corrected chi connectivity index (χ2v) is 11.4. The second-order valence-electron chi connectivity index (χ2n) is 10.3. The van der Waals surface area contributed by atoms with E-state index in [0.29, 0.717) is 0 Å². The van der Waals surface area contributed by atoms with Gasteiger partial charge in [-0.25, -0.2) is 0 Å². The largest absolute Gasteiger partial charge is 0.464 e. The van der Waals surface area contributed by atoms with Gasteiger partial charge in [-0.1, -0.05) is 24.3 Å². The molecule has 6 aromatic carbocycles. The van der Waals surface area contributed by atoms with Crippen LogP contribution in [-0.4, -0.2) is 0 Å². The lowest BCUT2D eigenvalue weighted by molar-refractivity contribution is 0.582. The number of hydrogen-bond acceptors (Lipinski definition) is 3. The van der Waals surface area contributed by atoms with Gasteiger partial charge in [-0.3, -0.25) is 0 Å². The first-order valence-electron chi connectivity index (χ1n) is 13.0. The van der Waals surface area contributed by atoms with E-state index in [2.05, 4.69) is 84.9 Å². The van der Waals surface area contributed by atoms with Gasteiger partial charge in [0.2, 0.25) is 0 Å². The number of hydrogen-bond donors (Lipinski definition) is 0. The predicted octanol–water partition coefficient (Wildman–Crippen LogP) is 11.2. The van der Waals surface area contributed by atoms with Crippen molar-refractivity contribution in [2.45, 2.75) is 0 Å². The van der Waals surface area contributed by atoms with Crippen LogP contribution in [0.1, 0.15) is 0 Å². The molecule has 3 aromatic heterocycles. The Morgan fingerprint density at radius 2 is 0.821 bits per heavy atom. The fourth-order valence-electron chi connectivity index (χ4n) is 5.96. The van der Waals surface area contributed by atoms with Crippen molar-refractivity contribution in [3.63, 3.8) is 0 Å². The van der Waals surface area contributed by atoms with E-state index in [1.165, 1.54) is 63.3 Å². The Hall–Kier alpha value is -4.86. The van der Waals surface area contributed by atoms with Crippen molar-refractivity contribution in [2.24, 2.45) is 0 Å². The number of thiophene rings is 1. The summed E-state index contributed by atoms with van der Waals surface area (Å²) in [4.78, 5) is 0. The molecule has 9 rings (SSSR count). The fourth-order valence-corrected chi connectivity index (χ4v) is 7.12. The molecule has 0 saturated heterocycles. The van der Waals surface area contributed by atoms with Crippen LogP contribution in [0.5, 0.6) is 0 Å². The van der Waals surface area contributed by atoms with Gasteiger partial charge >= 0.3 is 0 Å². The number of furan rings is 2. The van der Waals surface area contributed by atoms with Crippen LogP contribution in [0.15, 0.2) is 131 Å². The highest BCUT2D eigenvalue weighted by atomic mass is 32.1. The smallest absolute Gasteiger partial charge is 0.133 e. The number of benzene rings is 6. The highest BCUT2D eigenvalue weighted by molar-refractivity contribution is 7.26. The van der Waals surface area contributed by atoms with E-state index in [1.54, 1.807) is 12.5 Å². The molecule has 9 aromatic rings. The van der Waals surface area contributed by atoms with Gasteiger partial charge in [0.05, 0.1) is 12.5 Å². The van der Waals surface area contributed by atoms with Crippen LogP contribution in [0.25, 0.3) is 85.9 Å². The zero-order valence-electron chi connectivity index (χ0n) is 20.8. The highest BCUT2D eigenvalue weighted by Gasteiger charge is 2.11. The zero-order valence-corrected chi connectivity index (χ0v) is 21.6. The quantitative estimate of drug-likeness (QED) is 0.214. The van der Waals surface area contributed by atoms with Gasteiger partial charge in [-0.05, 0) is 128 Å². The van der Waals surface area contributed by atoms with Crippen LogP contribution in [0.2, 0.25) is 0 Å². The summed E-state index contributed by atoms with van der Waals surface area (Å²) in [6.45, 7) is 0. The molecule has 0 spiro atoms. The minimum absolute atomic E-state index is 0.897. The molecule has 0 aliphatic rings. The second kappa shape index (κ2) is 7.83. The third kappa shape index (κ3) is 3.27. The van der Waals surface area contributed by atoms with Crippen LogP contribution in [0.3, 0.4) is 0 Å². The molecule has 0 N–H and O–H groups in total. The van der Waals surface area contributed by atoms with E-state index >= 15 is 0 Å². The van der Waals surface area contributed by atoms with E-state index in [4.69, 9.17) is 8.83 Å². The normalized spacial score (nSPS) is 12.1. The lowest BCUT2D eigenvalue weighted by Gasteiger charge is -2.06. The Morgan fingerprint density at radius 3 is 1.28 bits per heavy atom. The molecule has 0 saturated carbocycles. The number of fused-ring (bicyclic) bond motifs is 7.